The van der Waals surface area contributed by atoms with Gasteiger partial charge in [-0.05, 0) is 49.4 Å². The Morgan fingerprint density at radius 2 is 1.45 bits per heavy atom. The molecule has 0 aliphatic rings. The number of aryl methyl sites for hydroxylation is 1. The lowest BCUT2D eigenvalue weighted by Crippen LogP contribution is -2.12. The average molecular weight is 441 g/mol. The summed E-state index contributed by atoms with van der Waals surface area (Å²) in [5, 5.41) is 10.1. The van der Waals surface area contributed by atoms with E-state index in [1.54, 1.807) is 28.9 Å². The molecule has 4 aromatic rings. The summed E-state index contributed by atoms with van der Waals surface area (Å²) in [6, 6.07) is 21.4. The average Bonchev–Trinajstić information content (AvgIpc) is 3.19. The van der Waals surface area contributed by atoms with Crippen molar-refractivity contribution in [2.75, 3.05) is 0 Å². The first-order valence-electron chi connectivity index (χ1n) is 9.34. The topological polar surface area (TPSA) is 66.9 Å². The van der Waals surface area contributed by atoms with Crippen LogP contribution in [0.15, 0.2) is 83.8 Å². The van der Waals surface area contributed by atoms with Gasteiger partial charge in [0.05, 0.1) is 34.0 Å². The lowest BCUT2D eigenvalue weighted by Gasteiger charge is -2.09. The molecule has 0 aliphatic heterocycles. The smallest absolute Gasteiger partial charge is 0.416 e. The lowest BCUT2D eigenvalue weighted by molar-refractivity contribution is -0.137. The summed E-state index contributed by atoms with van der Waals surface area (Å²) in [5.41, 5.74) is 3.89. The maximum absolute atomic E-state index is 12.9. The first-order valence-corrected chi connectivity index (χ1v) is 10.5. The summed E-state index contributed by atoms with van der Waals surface area (Å²) >= 11 is -1.59. The fraction of sp³-hybridized carbons (Fsp3) is 0.0870. The molecule has 1 unspecified atom stereocenters. The normalized spacial score (nSPS) is 12.7. The quantitative estimate of drug-likeness (QED) is 0.425. The zero-order valence-electron chi connectivity index (χ0n) is 16.4. The number of hydrogen-bond donors (Lipinski definition) is 1. The van der Waals surface area contributed by atoms with Gasteiger partial charge in [0.2, 0.25) is 0 Å². The van der Waals surface area contributed by atoms with Crippen molar-refractivity contribution in [3.63, 3.8) is 0 Å². The second-order valence-electron chi connectivity index (χ2n) is 7.06. The number of aromatic nitrogens is 2. The lowest BCUT2D eigenvalue weighted by atomic mass is 10.1. The van der Waals surface area contributed by atoms with Crippen LogP contribution in [0.2, 0.25) is 0 Å². The van der Waals surface area contributed by atoms with Gasteiger partial charge in [-0.1, -0.05) is 42.0 Å². The molecule has 0 spiro atoms. The van der Waals surface area contributed by atoms with E-state index >= 15 is 0 Å². The zero-order valence-corrected chi connectivity index (χ0v) is 17.2. The number of hydrogen-bond acceptors (Lipinski definition) is 3. The van der Waals surface area contributed by atoms with Gasteiger partial charge in [-0.25, -0.2) is 4.68 Å². The largest absolute Gasteiger partial charge is 0.593 e. The van der Waals surface area contributed by atoms with Gasteiger partial charge >= 0.3 is 6.18 Å². The van der Waals surface area contributed by atoms with E-state index in [9.17, 15) is 17.7 Å². The molecule has 8 heteroatoms. The molecule has 1 aromatic heterocycles. The van der Waals surface area contributed by atoms with Crippen LogP contribution in [-0.2, 0) is 17.5 Å². The Hall–Kier alpha value is -3.07. The predicted molar refractivity (Wildman–Crippen MR) is 115 cm³/mol. The van der Waals surface area contributed by atoms with E-state index in [1.165, 1.54) is 12.1 Å². The van der Waals surface area contributed by atoms with Crippen molar-refractivity contribution in [2.24, 2.45) is 5.14 Å². The summed E-state index contributed by atoms with van der Waals surface area (Å²) in [4.78, 5) is 0.482. The third kappa shape index (κ3) is 4.51. The van der Waals surface area contributed by atoms with Crippen LogP contribution in [0.1, 0.15) is 11.1 Å². The van der Waals surface area contributed by atoms with Crippen molar-refractivity contribution in [1.29, 1.82) is 0 Å². The van der Waals surface area contributed by atoms with Crippen LogP contribution >= 0.6 is 0 Å². The van der Waals surface area contributed by atoms with Gasteiger partial charge in [0.15, 0.2) is 4.90 Å². The number of rotatable bonds is 4. The van der Waals surface area contributed by atoms with Crippen LogP contribution in [0.25, 0.3) is 28.2 Å². The molecule has 1 atom stereocenters. The van der Waals surface area contributed by atoms with Crippen molar-refractivity contribution in [3.05, 3.63) is 90.0 Å². The van der Waals surface area contributed by atoms with E-state index in [4.69, 9.17) is 5.14 Å². The van der Waals surface area contributed by atoms with Crippen LogP contribution < -0.4 is 5.14 Å². The highest BCUT2D eigenvalue weighted by Crippen LogP contribution is 2.33. The van der Waals surface area contributed by atoms with Gasteiger partial charge in [-0.15, -0.1) is 5.14 Å². The first-order chi connectivity index (χ1) is 14.7. The van der Waals surface area contributed by atoms with Gasteiger partial charge in [0.1, 0.15) is 0 Å². The predicted octanol–water partition coefficient (Wildman–Crippen LogP) is 5.51. The van der Waals surface area contributed by atoms with Gasteiger partial charge in [0.25, 0.3) is 0 Å². The minimum absolute atomic E-state index is 0.482. The van der Waals surface area contributed by atoms with E-state index in [0.29, 0.717) is 21.8 Å². The number of benzene rings is 3. The third-order valence-electron chi connectivity index (χ3n) is 4.88. The molecule has 1 heterocycles. The monoisotopic (exact) mass is 441 g/mol. The molecule has 3 aromatic carbocycles. The van der Waals surface area contributed by atoms with Gasteiger partial charge in [0, 0.05) is 11.1 Å². The molecular formula is C23H18F3N3OS. The molecule has 0 amide bonds. The standard InChI is InChI=1S/C23H18F3N3OS/c1-15-2-4-17(5-3-15)22-14-21(16-6-8-18(9-7-16)23(24,25)26)28-29(22)19-10-12-20(13-11-19)31(27)30/h2-14H,27H2,1H3. The molecule has 158 valence electrons. The van der Waals surface area contributed by atoms with Gasteiger partial charge in [-0.2, -0.15) is 18.3 Å². The highest BCUT2D eigenvalue weighted by molar-refractivity contribution is 7.89. The Bertz CT molecular complexity index is 1180. The highest BCUT2D eigenvalue weighted by atomic mass is 32.2. The Labute approximate surface area is 180 Å². The summed E-state index contributed by atoms with van der Waals surface area (Å²) in [5.74, 6) is 0. The number of alkyl halides is 3. The van der Waals surface area contributed by atoms with E-state index < -0.39 is 23.1 Å². The van der Waals surface area contributed by atoms with Crippen LogP contribution in [0, 0.1) is 6.92 Å². The maximum atomic E-state index is 12.9. The van der Waals surface area contributed by atoms with Gasteiger partial charge < -0.3 is 4.55 Å². The van der Waals surface area contributed by atoms with Crippen LogP contribution in [-0.4, -0.2) is 14.3 Å². The van der Waals surface area contributed by atoms with Crippen LogP contribution in [0.3, 0.4) is 0 Å². The van der Waals surface area contributed by atoms with E-state index in [1.807, 2.05) is 37.3 Å². The molecular weight excluding hydrogens is 423 g/mol. The highest BCUT2D eigenvalue weighted by Gasteiger charge is 2.30. The van der Waals surface area contributed by atoms with Crippen LogP contribution in [0.4, 0.5) is 13.2 Å². The van der Waals surface area contributed by atoms with Crippen molar-refractivity contribution in [2.45, 2.75) is 18.0 Å². The molecule has 0 saturated carbocycles. The van der Waals surface area contributed by atoms with E-state index in [0.717, 1.165) is 29.0 Å². The third-order valence-corrected chi connectivity index (χ3v) is 5.62. The molecule has 2 N–H and O–H groups in total. The maximum Gasteiger partial charge on any atom is 0.416 e. The summed E-state index contributed by atoms with van der Waals surface area (Å²) in [6.07, 6.45) is -4.39. The van der Waals surface area contributed by atoms with E-state index in [-0.39, 0.29) is 0 Å². The fourth-order valence-electron chi connectivity index (χ4n) is 3.20. The molecule has 0 saturated heterocycles. The fourth-order valence-corrected chi connectivity index (χ4v) is 3.60. The zero-order chi connectivity index (χ0) is 22.2. The van der Waals surface area contributed by atoms with E-state index in [2.05, 4.69) is 5.10 Å². The van der Waals surface area contributed by atoms with Crippen LogP contribution in [0.5, 0.6) is 0 Å². The van der Waals surface area contributed by atoms with Crippen molar-refractivity contribution in [1.82, 2.24) is 9.78 Å². The Morgan fingerprint density at radius 3 is 2.00 bits per heavy atom. The Kier molecular flexibility index (Phi) is 5.62. The molecule has 0 fully saturated rings. The summed E-state index contributed by atoms with van der Waals surface area (Å²) in [7, 11) is 0. The minimum Gasteiger partial charge on any atom is -0.593 e. The molecule has 0 radical (unpaired) electrons. The Balaban J connectivity index is 1.81. The summed E-state index contributed by atoms with van der Waals surface area (Å²) in [6.45, 7) is 1.99. The molecule has 4 rings (SSSR count). The second-order valence-corrected chi connectivity index (χ2v) is 8.13. The number of nitrogens with two attached hydrogens (primary N) is 1. The molecule has 4 nitrogen and oxygen atoms in total. The van der Waals surface area contributed by atoms with Crippen molar-refractivity contribution >= 4 is 11.4 Å². The van der Waals surface area contributed by atoms with Gasteiger partial charge in [-0.3, -0.25) is 0 Å². The molecule has 0 aliphatic carbocycles. The number of nitrogens with zero attached hydrogens (tertiary/aromatic N) is 2. The minimum atomic E-state index is -4.39. The van der Waals surface area contributed by atoms with Crippen molar-refractivity contribution < 1.29 is 17.7 Å². The molecule has 31 heavy (non-hydrogen) atoms. The number of halogens is 3. The first kappa shape index (κ1) is 21.2. The van der Waals surface area contributed by atoms with Crippen molar-refractivity contribution in [3.8, 4) is 28.2 Å². The molecule has 0 bridgehead atoms. The second kappa shape index (κ2) is 8.22. The SMILES string of the molecule is Cc1ccc(-c2cc(-c3ccc(C(F)(F)F)cc3)nn2-c2ccc([S+](N)[O-])cc2)cc1. The summed E-state index contributed by atoms with van der Waals surface area (Å²) < 4.78 is 51.9. The Morgan fingerprint density at radius 1 is 0.871 bits per heavy atom.